The normalized spacial score (nSPS) is 16.3. The molecule has 1 saturated heterocycles. The number of rotatable bonds is 6. The predicted molar refractivity (Wildman–Crippen MR) is 133 cm³/mol. The zero-order valence-electron chi connectivity index (χ0n) is 20.9. The molecule has 0 unspecified atom stereocenters. The first-order chi connectivity index (χ1) is 17.1. The molecule has 0 spiro atoms. The Morgan fingerprint density at radius 2 is 1.81 bits per heavy atom. The minimum atomic E-state index is -4.50. The highest BCUT2D eigenvalue weighted by atomic mass is 19.4. The fourth-order valence-electron chi connectivity index (χ4n) is 4.59. The highest BCUT2D eigenvalue weighted by molar-refractivity contribution is 5.76. The molecule has 0 aromatic heterocycles. The van der Waals surface area contributed by atoms with Crippen LogP contribution in [0.2, 0.25) is 0 Å². The maximum atomic E-state index is 13.6. The van der Waals surface area contributed by atoms with E-state index in [2.05, 4.69) is 0 Å². The van der Waals surface area contributed by atoms with Crippen LogP contribution in [0.25, 0.3) is 11.1 Å². The number of amides is 1. The van der Waals surface area contributed by atoms with E-state index in [0.29, 0.717) is 35.4 Å². The molecule has 0 aliphatic carbocycles. The van der Waals surface area contributed by atoms with Gasteiger partial charge in [0.2, 0.25) is 0 Å². The first-order valence-electron chi connectivity index (χ1n) is 12.0. The van der Waals surface area contributed by atoms with Crippen LogP contribution in [0.1, 0.15) is 60.1 Å². The van der Waals surface area contributed by atoms with Crippen LogP contribution in [-0.2, 0) is 17.5 Å². The third kappa shape index (κ3) is 5.35. The summed E-state index contributed by atoms with van der Waals surface area (Å²) in [5.41, 5.74) is 3.92. The number of benzene rings is 3. The van der Waals surface area contributed by atoms with Crippen LogP contribution in [0, 0.1) is 6.92 Å². The molecule has 3 aromatic carbocycles. The van der Waals surface area contributed by atoms with E-state index in [-0.39, 0.29) is 18.6 Å². The summed E-state index contributed by atoms with van der Waals surface area (Å²) < 4.78 is 52.1. The molecule has 7 heteroatoms. The average molecular weight is 498 g/mol. The number of hydrogen-bond donors (Lipinski definition) is 0. The van der Waals surface area contributed by atoms with Crippen molar-refractivity contribution >= 4 is 6.09 Å². The third-order valence-corrected chi connectivity index (χ3v) is 6.67. The van der Waals surface area contributed by atoms with Crippen LogP contribution in [0.4, 0.5) is 18.0 Å². The van der Waals surface area contributed by atoms with Crippen molar-refractivity contribution in [1.82, 2.24) is 4.90 Å². The third-order valence-electron chi connectivity index (χ3n) is 6.67. The molecule has 0 bridgehead atoms. The molecule has 1 aliphatic heterocycles. The topological polar surface area (TPSA) is 38.8 Å². The summed E-state index contributed by atoms with van der Waals surface area (Å²) in [5.74, 6) is 0.782. The summed E-state index contributed by atoms with van der Waals surface area (Å²) in [7, 11) is 1.53. The molecular weight excluding hydrogens is 467 g/mol. The summed E-state index contributed by atoms with van der Waals surface area (Å²) >= 11 is 0. The van der Waals surface area contributed by atoms with E-state index in [4.69, 9.17) is 9.47 Å². The van der Waals surface area contributed by atoms with Crippen LogP contribution < -0.4 is 4.74 Å². The smallest absolute Gasteiger partial charge is 0.416 e. The molecule has 1 fully saturated rings. The largest absolute Gasteiger partial charge is 0.496 e. The lowest BCUT2D eigenvalue weighted by Gasteiger charge is -2.33. The SMILES string of the molecule is COc1ccc(C(C)C)cc1-c1ccc(C(F)(F)F)cc1CN1CC[C@@H](c2ccccc2C)OC1=O. The van der Waals surface area contributed by atoms with Gasteiger partial charge in [0.25, 0.3) is 0 Å². The Hall–Kier alpha value is -3.48. The van der Waals surface area contributed by atoms with Crippen LogP contribution in [0.15, 0.2) is 60.7 Å². The predicted octanol–water partition coefficient (Wildman–Crippen LogP) is 7.90. The second kappa shape index (κ2) is 10.2. The van der Waals surface area contributed by atoms with Crippen molar-refractivity contribution in [3.8, 4) is 16.9 Å². The van der Waals surface area contributed by atoms with Gasteiger partial charge in [0.05, 0.1) is 12.7 Å². The molecule has 1 amide bonds. The lowest BCUT2D eigenvalue weighted by Crippen LogP contribution is -2.38. The number of ether oxygens (including phenoxy) is 2. The lowest BCUT2D eigenvalue weighted by atomic mass is 9.92. The van der Waals surface area contributed by atoms with Gasteiger partial charge in [-0.25, -0.2) is 4.79 Å². The van der Waals surface area contributed by atoms with E-state index in [1.807, 2.05) is 63.2 Å². The van der Waals surface area contributed by atoms with E-state index in [1.54, 1.807) is 0 Å². The summed E-state index contributed by atoms with van der Waals surface area (Å²) in [4.78, 5) is 14.4. The highest BCUT2D eigenvalue weighted by Crippen LogP contribution is 2.39. The number of nitrogens with zero attached hydrogens (tertiary/aromatic N) is 1. The molecule has 0 N–H and O–H groups in total. The van der Waals surface area contributed by atoms with Crippen LogP contribution in [-0.4, -0.2) is 24.6 Å². The number of halogens is 3. The Morgan fingerprint density at radius 1 is 1.06 bits per heavy atom. The van der Waals surface area contributed by atoms with Crippen molar-refractivity contribution in [2.75, 3.05) is 13.7 Å². The molecule has 4 nitrogen and oxygen atoms in total. The molecule has 36 heavy (non-hydrogen) atoms. The number of carbonyl (C=O) groups excluding carboxylic acids is 1. The van der Waals surface area contributed by atoms with Crippen molar-refractivity contribution in [3.63, 3.8) is 0 Å². The molecule has 0 radical (unpaired) electrons. The lowest BCUT2D eigenvalue weighted by molar-refractivity contribution is -0.137. The molecule has 190 valence electrons. The summed E-state index contributed by atoms with van der Waals surface area (Å²) in [6.07, 6.45) is -4.87. The number of cyclic esters (lactones) is 1. The van der Waals surface area contributed by atoms with Gasteiger partial charge >= 0.3 is 12.3 Å². The van der Waals surface area contributed by atoms with Gasteiger partial charge in [-0.2, -0.15) is 13.2 Å². The number of hydrogen-bond acceptors (Lipinski definition) is 3. The minimum absolute atomic E-state index is 0.00631. The van der Waals surface area contributed by atoms with Gasteiger partial charge < -0.3 is 14.4 Å². The van der Waals surface area contributed by atoms with E-state index in [1.165, 1.54) is 18.1 Å². The van der Waals surface area contributed by atoms with Gasteiger partial charge in [-0.3, -0.25) is 0 Å². The van der Waals surface area contributed by atoms with Crippen LogP contribution >= 0.6 is 0 Å². The zero-order valence-corrected chi connectivity index (χ0v) is 20.9. The van der Waals surface area contributed by atoms with Crippen LogP contribution in [0.3, 0.4) is 0 Å². The van der Waals surface area contributed by atoms with Gasteiger partial charge in [-0.1, -0.05) is 50.2 Å². The monoisotopic (exact) mass is 497 g/mol. The Bertz CT molecular complexity index is 1250. The zero-order chi connectivity index (χ0) is 26.0. The fraction of sp³-hybridized carbons (Fsp3) is 0.345. The summed E-state index contributed by atoms with van der Waals surface area (Å²) in [6.45, 7) is 6.43. The minimum Gasteiger partial charge on any atom is -0.496 e. The number of alkyl halides is 3. The second-order valence-electron chi connectivity index (χ2n) is 9.42. The Morgan fingerprint density at radius 3 is 2.44 bits per heavy atom. The number of methoxy groups -OCH3 is 1. The van der Waals surface area contributed by atoms with Gasteiger partial charge in [0.1, 0.15) is 11.9 Å². The Balaban J connectivity index is 1.69. The van der Waals surface area contributed by atoms with E-state index >= 15 is 0 Å². The summed E-state index contributed by atoms with van der Waals surface area (Å²) in [5, 5.41) is 0. The van der Waals surface area contributed by atoms with E-state index in [9.17, 15) is 18.0 Å². The Kier molecular flexibility index (Phi) is 7.29. The first kappa shape index (κ1) is 25.6. The fourth-order valence-corrected chi connectivity index (χ4v) is 4.59. The maximum absolute atomic E-state index is 13.6. The molecule has 1 atom stereocenters. The molecule has 4 rings (SSSR count). The van der Waals surface area contributed by atoms with Crippen molar-refractivity contribution < 1.29 is 27.4 Å². The maximum Gasteiger partial charge on any atom is 0.416 e. The molecule has 0 saturated carbocycles. The van der Waals surface area contributed by atoms with E-state index in [0.717, 1.165) is 28.8 Å². The van der Waals surface area contributed by atoms with Gasteiger partial charge in [0, 0.05) is 25.1 Å². The first-order valence-corrected chi connectivity index (χ1v) is 12.0. The second-order valence-corrected chi connectivity index (χ2v) is 9.42. The summed E-state index contributed by atoms with van der Waals surface area (Å²) in [6, 6.07) is 17.1. The molecule has 3 aromatic rings. The van der Waals surface area contributed by atoms with Crippen molar-refractivity contribution in [2.24, 2.45) is 0 Å². The standard InChI is InChI=1S/C29H30F3NO3/c1-18(2)20-9-12-26(35-4)25(16-20)24-11-10-22(29(30,31)32)15-21(24)17-33-14-13-27(36-28(33)34)23-8-6-5-7-19(23)3/h5-12,15-16,18,27H,13-14,17H2,1-4H3/t27-/m0/s1. The number of carbonyl (C=O) groups is 1. The van der Waals surface area contributed by atoms with Crippen molar-refractivity contribution in [2.45, 2.75) is 51.9 Å². The van der Waals surface area contributed by atoms with Gasteiger partial charge in [-0.15, -0.1) is 0 Å². The van der Waals surface area contributed by atoms with Crippen molar-refractivity contribution in [3.05, 3.63) is 88.5 Å². The molecule has 1 heterocycles. The highest BCUT2D eigenvalue weighted by Gasteiger charge is 2.33. The average Bonchev–Trinajstić information content (AvgIpc) is 2.84. The van der Waals surface area contributed by atoms with Crippen molar-refractivity contribution in [1.29, 1.82) is 0 Å². The van der Waals surface area contributed by atoms with Gasteiger partial charge in [-0.05, 0) is 64.9 Å². The quantitative estimate of drug-likeness (QED) is 0.348. The van der Waals surface area contributed by atoms with E-state index < -0.39 is 17.8 Å². The molecule has 1 aliphatic rings. The Labute approximate surface area is 209 Å². The molecular formula is C29H30F3NO3. The van der Waals surface area contributed by atoms with Gasteiger partial charge in [0.15, 0.2) is 0 Å². The van der Waals surface area contributed by atoms with Crippen LogP contribution in [0.5, 0.6) is 5.75 Å². The number of aryl methyl sites for hydroxylation is 1.